The largest absolute Gasteiger partial charge is 0.476 e. The predicted molar refractivity (Wildman–Crippen MR) is 80.8 cm³/mol. The first-order valence-electron chi connectivity index (χ1n) is 6.03. The molecule has 3 aromatic rings. The van der Waals surface area contributed by atoms with E-state index in [0.717, 1.165) is 22.0 Å². The summed E-state index contributed by atoms with van der Waals surface area (Å²) in [4.78, 5) is 11.2. The average molecular weight is 331 g/mol. The minimum Gasteiger partial charge on any atom is -0.476 e. The van der Waals surface area contributed by atoms with Crippen molar-refractivity contribution in [3.8, 4) is 11.3 Å². The third-order valence-corrected chi connectivity index (χ3v) is 3.99. The van der Waals surface area contributed by atoms with Gasteiger partial charge in [0.2, 0.25) is 0 Å². The van der Waals surface area contributed by atoms with Crippen molar-refractivity contribution in [2.24, 2.45) is 7.05 Å². The van der Waals surface area contributed by atoms with Gasteiger partial charge >= 0.3 is 5.97 Å². The van der Waals surface area contributed by atoms with Crippen molar-refractivity contribution >= 4 is 32.7 Å². The highest BCUT2D eigenvalue weighted by molar-refractivity contribution is 9.10. The lowest BCUT2D eigenvalue weighted by molar-refractivity contribution is 0.0688. The van der Waals surface area contributed by atoms with Crippen molar-refractivity contribution in [2.75, 3.05) is 0 Å². The Morgan fingerprint density at radius 3 is 2.60 bits per heavy atom. The highest BCUT2D eigenvalue weighted by atomic mass is 79.9. The van der Waals surface area contributed by atoms with Gasteiger partial charge in [-0.3, -0.25) is 4.68 Å². The van der Waals surface area contributed by atoms with E-state index in [9.17, 15) is 4.79 Å². The van der Waals surface area contributed by atoms with E-state index in [1.807, 2.05) is 42.5 Å². The molecule has 0 aliphatic carbocycles. The number of rotatable bonds is 2. The van der Waals surface area contributed by atoms with Crippen LogP contribution in [0.3, 0.4) is 0 Å². The molecule has 0 aliphatic heterocycles. The molecule has 0 radical (unpaired) electrons. The second-order valence-electron chi connectivity index (χ2n) is 4.47. The number of aryl methyl sites for hydroxylation is 1. The zero-order valence-corrected chi connectivity index (χ0v) is 12.3. The molecular formula is C15H11BrN2O2. The van der Waals surface area contributed by atoms with Crippen LogP contribution in [0.5, 0.6) is 0 Å². The number of hydrogen-bond donors (Lipinski definition) is 1. The monoisotopic (exact) mass is 330 g/mol. The van der Waals surface area contributed by atoms with Crippen molar-refractivity contribution in [3.63, 3.8) is 0 Å². The van der Waals surface area contributed by atoms with Gasteiger partial charge in [0, 0.05) is 12.6 Å². The maximum absolute atomic E-state index is 11.2. The van der Waals surface area contributed by atoms with Gasteiger partial charge in [-0.2, -0.15) is 5.10 Å². The number of aromatic nitrogens is 2. The normalized spacial score (nSPS) is 10.9. The number of carboxylic acids is 1. The van der Waals surface area contributed by atoms with Crippen LogP contribution in [0.4, 0.5) is 0 Å². The van der Waals surface area contributed by atoms with Gasteiger partial charge in [0.1, 0.15) is 0 Å². The van der Waals surface area contributed by atoms with Gasteiger partial charge in [0.15, 0.2) is 5.69 Å². The topological polar surface area (TPSA) is 55.1 Å². The SMILES string of the molecule is Cn1nc(C(=O)O)c(Br)c1-c1cccc2ccccc12. The standard InChI is InChI=1S/C15H11BrN2O2/c1-18-14(12(16)13(17-18)15(19)20)11-8-4-6-9-5-2-3-7-10(9)11/h2-8H,1H3,(H,19,20). The summed E-state index contributed by atoms with van der Waals surface area (Å²) in [5, 5.41) is 15.4. The Balaban J connectivity index is 2.34. The molecular weight excluding hydrogens is 320 g/mol. The lowest BCUT2D eigenvalue weighted by atomic mass is 10.0. The van der Waals surface area contributed by atoms with Crippen LogP contribution in [-0.2, 0) is 7.05 Å². The molecule has 20 heavy (non-hydrogen) atoms. The van der Waals surface area contributed by atoms with Crippen molar-refractivity contribution in [3.05, 3.63) is 52.6 Å². The first kappa shape index (κ1) is 12.9. The molecule has 1 heterocycles. The fraction of sp³-hybridized carbons (Fsp3) is 0.0667. The summed E-state index contributed by atoms with van der Waals surface area (Å²) in [5.74, 6) is -1.04. The molecule has 0 fully saturated rings. The number of nitrogens with zero attached hydrogens (tertiary/aromatic N) is 2. The minimum absolute atomic E-state index is 0.0236. The van der Waals surface area contributed by atoms with Crippen LogP contribution < -0.4 is 0 Å². The molecule has 1 N–H and O–H groups in total. The second kappa shape index (κ2) is 4.76. The van der Waals surface area contributed by atoms with E-state index in [-0.39, 0.29) is 5.69 Å². The van der Waals surface area contributed by atoms with Crippen LogP contribution in [0.15, 0.2) is 46.9 Å². The number of hydrogen-bond acceptors (Lipinski definition) is 2. The van der Waals surface area contributed by atoms with Gasteiger partial charge in [-0.1, -0.05) is 42.5 Å². The third-order valence-electron chi connectivity index (χ3n) is 3.24. The Labute approximate surface area is 123 Å². The summed E-state index contributed by atoms with van der Waals surface area (Å²) >= 11 is 3.36. The molecule has 3 rings (SSSR count). The van der Waals surface area contributed by atoms with Crippen LogP contribution in [-0.4, -0.2) is 20.9 Å². The van der Waals surface area contributed by atoms with Crippen LogP contribution in [0.2, 0.25) is 0 Å². The Bertz CT molecular complexity index is 819. The highest BCUT2D eigenvalue weighted by Gasteiger charge is 2.21. The fourth-order valence-electron chi connectivity index (χ4n) is 2.36. The molecule has 1 aromatic heterocycles. The summed E-state index contributed by atoms with van der Waals surface area (Å²) in [7, 11) is 1.74. The van der Waals surface area contributed by atoms with Crippen LogP contribution in [0.1, 0.15) is 10.5 Å². The van der Waals surface area contributed by atoms with Gasteiger partial charge in [-0.15, -0.1) is 0 Å². The van der Waals surface area contributed by atoms with E-state index in [2.05, 4.69) is 21.0 Å². The summed E-state index contributed by atoms with van der Waals surface area (Å²) in [5.41, 5.74) is 1.74. The van der Waals surface area contributed by atoms with Crippen molar-refractivity contribution in [2.45, 2.75) is 0 Å². The Morgan fingerprint density at radius 1 is 1.20 bits per heavy atom. The summed E-state index contributed by atoms with van der Waals surface area (Å²) < 4.78 is 2.10. The maximum atomic E-state index is 11.2. The van der Waals surface area contributed by atoms with Crippen molar-refractivity contribution in [1.29, 1.82) is 0 Å². The molecule has 4 nitrogen and oxygen atoms in total. The average Bonchev–Trinajstić information content (AvgIpc) is 2.74. The number of carboxylic acid groups (broad SMARTS) is 1. The molecule has 5 heteroatoms. The van der Waals surface area contributed by atoms with Gasteiger partial charge in [-0.25, -0.2) is 4.79 Å². The molecule has 0 saturated heterocycles. The Morgan fingerprint density at radius 2 is 1.90 bits per heavy atom. The zero-order chi connectivity index (χ0) is 14.3. The van der Waals surface area contributed by atoms with Crippen molar-refractivity contribution in [1.82, 2.24) is 9.78 Å². The molecule has 0 atom stereocenters. The minimum atomic E-state index is -1.04. The first-order chi connectivity index (χ1) is 9.59. The van der Waals surface area contributed by atoms with Crippen LogP contribution >= 0.6 is 15.9 Å². The number of aromatic carboxylic acids is 1. The van der Waals surface area contributed by atoms with Crippen LogP contribution in [0.25, 0.3) is 22.0 Å². The molecule has 0 saturated carbocycles. The number of benzene rings is 2. The van der Waals surface area contributed by atoms with Gasteiger partial charge in [0.05, 0.1) is 10.2 Å². The van der Waals surface area contributed by atoms with E-state index in [4.69, 9.17) is 5.11 Å². The number of carbonyl (C=O) groups is 1. The predicted octanol–water partition coefficient (Wildman–Crippen LogP) is 3.70. The molecule has 100 valence electrons. The quantitative estimate of drug-likeness (QED) is 0.779. The highest BCUT2D eigenvalue weighted by Crippen LogP contribution is 2.35. The van der Waals surface area contributed by atoms with Gasteiger partial charge in [0.25, 0.3) is 0 Å². The maximum Gasteiger partial charge on any atom is 0.357 e. The smallest absolute Gasteiger partial charge is 0.357 e. The summed E-state index contributed by atoms with van der Waals surface area (Å²) in [6.07, 6.45) is 0. The lowest BCUT2D eigenvalue weighted by Crippen LogP contribution is -1.99. The molecule has 0 unspecified atom stereocenters. The van der Waals surface area contributed by atoms with Crippen molar-refractivity contribution < 1.29 is 9.90 Å². The van der Waals surface area contributed by atoms with E-state index in [0.29, 0.717) is 4.47 Å². The molecule has 0 aliphatic rings. The second-order valence-corrected chi connectivity index (χ2v) is 5.26. The molecule has 2 aromatic carbocycles. The lowest BCUT2D eigenvalue weighted by Gasteiger charge is -2.07. The third kappa shape index (κ3) is 1.91. The fourth-order valence-corrected chi connectivity index (χ4v) is 3.08. The van der Waals surface area contributed by atoms with Gasteiger partial charge in [-0.05, 0) is 26.7 Å². The number of halogens is 1. The van der Waals surface area contributed by atoms with Crippen LogP contribution in [0, 0.1) is 0 Å². The zero-order valence-electron chi connectivity index (χ0n) is 10.7. The first-order valence-corrected chi connectivity index (χ1v) is 6.83. The molecule has 0 spiro atoms. The van der Waals surface area contributed by atoms with E-state index in [1.165, 1.54) is 0 Å². The van der Waals surface area contributed by atoms with Gasteiger partial charge < -0.3 is 5.11 Å². The Hall–Kier alpha value is -2.14. The molecule has 0 bridgehead atoms. The summed E-state index contributed by atoms with van der Waals surface area (Å²) in [6, 6.07) is 13.9. The molecule has 0 amide bonds. The van der Waals surface area contributed by atoms with E-state index < -0.39 is 5.97 Å². The Kier molecular flexibility index (Phi) is 3.06. The summed E-state index contributed by atoms with van der Waals surface area (Å²) in [6.45, 7) is 0. The van der Waals surface area contributed by atoms with E-state index >= 15 is 0 Å². The number of fused-ring (bicyclic) bond motifs is 1. The van der Waals surface area contributed by atoms with E-state index in [1.54, 1.807) is 11.7 Å².